The Labute approximate surface area is 276 Å². The summed E-state index contributed by atoms with van der Waals surface area (Å²) >= 11 is 12.4. The van der Waals surface area contributed by atoms with Crippen molar-refractivity contribution in [1.82, 2.24) is 4.90 Å². The lowest BCUT2D eigenvalue weighted by atomic mass is 9.65. The lowest BCUT2D eigenvalue weighted by Gasteiger charge is -2.44. The molecule has 3 aromatic rings. The Morgan fingerprint density at radius 2 is 1.83 bits per heavy atom. The van der Waals surface area contributed by atoms with E-state index in [1.54, 1.807) is 0 Å². The third-order valence-electron chi connectivity index (χ3n) is 8.54. The highest BCUT2D eigenvalue weighted by molar-refractivity contribution is 6.31. The number of aromatic carboxylic acids is 1. The van der Waals surface area contributed by atoms with Gasteiger partial charge in [0.05, 0.1) is 35.5 Å². The number of fused-ring (bicyclic) bond motifs is 1. The number of ether oxygens (including phenoxy) is 1. The van der Waals surface area contributed by atoms with E-state index >= 15 is 8.78 Å². The quantitative estimate of drug-likeness (QED) is 0.272. The molecular weight excluding hydrogens is 635 g/mol. The van der Waals surface area contributed by atoms with Crippen LogP contribution in [0.4, 0.5) is 14.5 Å². The number of rotatable bonds is 7. The van der Waals surface area contributed by atoms with Crippen molar-refractivity contribution in [3.63, 3.8) is 0 Å². The molecule has 3 atom stereocenters. The van der Waals surface area contributed by atoms with Crippen molar-refractivity contribution in [2.45, 2.75) is 58.7 Å². The zero-order valence-electron chi connectivity index (χ0n) is 26.2. The highest BCUT2D eigenvalue weighted by atomic mass is 35.5. The Hall–Kier alpha value is -4.13. The number of amides is 1. The zero-order chi connectivity index (χ0) is 33.9. The summed E-state index contributed by atoms with van der Waals surface area (Å²) in [6, 6.07) is 14.0. The minimum absolute atomic E-state index is 0.00949. The summed E-state index contributed by atoms with van der Waals surface area (Å²) in [6.07, 6.45) is -0.473. The maximum Gasteiger partial charge on any atom is 0.335 e. The first-order valence-corrected chi connectivity index (χ1v) is 15.4. The summed E-state index contributed by atoms with van der Waals surface area (Å²) in [5.74, 6) is -3.53. The fraction of sp³-hybridized carbons (Fsp3) is 0.343. The smallest absolute Gasteiger partial charge is 0.335 e. The van der Waals surface area contributed by atoms with Crippen LogP contribution in [0.1, 0.15) is 62.5 Å². The molecule has 0 aromatic heterocycles. The molecule has 1 fully saturated rings. The predicted molar refractivity (Wildman–Crippen MR) is 173 cm³/mol. The largest absolute Gasteiger partial charge is 0.495 e. The van der Waals surface area contributed by atoms with E-state index in [1.807, 2.05) is 39.5 Å². The van der Waals surface area contributed by atoms with E-state index in [-0.39, 0.29) is 56.1 Å². The molecule has 0 saturated carbocycles. The first-order valence-electron chi connectivity index (χ1n) is 14.7. The molecule has 1 saturated heterocycles. The van der Waals surface area contributed by atoms with Crippen LogP contribution in [0.3, 0.4) is 0 Å². The second-order valence-electron chi connectivity index (χ2n) is 13.1. The average Bonchev–Trinajstić information content (AvgIpc) is 3.42. The van der Waals surface area contributed by atoms with Crippen molar-refractivity contribution in [1.29, 1.82) is 5.26 Å². The van der Waals surface area contributed by atoms with Crippen LogP contribution in [-0.2, 0) is 10.2 Å². The predicted octanol–water partition coefficient (Wildman–Crippen LogP) is 8.30. The summed E-state index contributed by atoms with van der Waals surface area (Å²) in [4.78, 5) is 30.0. The van der Waals surface area contributed by atoms with Gasteiger partial charge in [-0.15, -0.1) is 0 Å². The van der Waals surface area contributed by atoms with Gasteiger partial charge in [-0.2, -0.15) is 5.26 Å². The van der Waals surface area contributed by atoms with Gasteiger partial charge >= 0.3 is 5.97 Å². The molecule has 46 heavy (non-hydrogen) atoms. The Morgan fingerprint density at radius 3 is 2.39 bits per heavy atom. The topological polar surface area (TPSA) is 93.9 Å². The fourth-order valence-corrected chi connectivity index (χ4v) is 7.14. The van der Waals surface area contributed by atoms with Gasteiger partial charge in [0.15, 0.2) is 0 Å². The highest BCUT2D eigenvalue weighted by Gasteiger charge is 2.64. The van der Waals surface area contributed by atoms with Crippen molar-refractivity contribution in [2.24, 2.45) is 11.3 Å². The van der Waals surface area contributed by atoms with Gasteiger partial charge in [0.1, 0.15) is 34.7 Å². The molecule has 1 amide bonds. The molecule has 0 radical (unpaired) electrons. The number of halogens is 4. The SMILES string of the molecule is COc1cc(C(=O)O)ccc1N1C(=O)C2=C(c3cccc(Cl)c3F)[C@@](C#N)(c3ccc(Cl)cc3F)[C@H](CC(C)(C)C)N2[C@@H]1C(C)C. The van der Waals surface area contributed by atoms with Crippen LogP contribution in [0.25, 0.3) is 5.57 Å². The van der Waals surface area contributed by atoms with Crippen molar-refractivity contribution in [3.05, 3.63) is 98.7 Å². The Morgan fingerprint density at radius 1 is 1.13 bits per heavy atom. The highest BCUT2D eigenvalue weighted by Crippen LogP contribution is 2.59. The Kier molecular flexibility index (Phi) is 8.60. The molecule has 7 nitrogen and oxygen atoms in total. The van der Waals surface area contributed by atoms with Crippen molar-refractivity contribution in [2.75, 3.05) is 12.0 Å². The van der Waals surface area contributed by atoms with Crippen LogP contribution >= 0.6 is 23.2 Å². The normalized spacial score (nSPS) is 21.2. The van der Waals surface area contributed by atoms with E-state index in [9.17, 15) is 20.0 Å². The summed E-state index contributed by atoms with van der Waals surface area (Å²) in [6.45, 7) is 9.71. The average molecular weight is 669 g/mol. The third kappa shape index (κ3) is 5.18. The van der Waals surface area contributed by atoms with Crippen molar-refractivity contribution < 1.29 is 28.2 Å². The molecule has 0 aliphatic carbocycles. The molecule has 0 bridgehead atoms. The molecular formula is C35H33Cl2F2N3O4. The number of carboxylic acids is 1. The van der Waals surface area contributed by atoms with E-state index in [0.29, 0.717) is 5.69 Å². The first kappa shape index (κ1) is 33.2. The number of anilines is 1. The van der Waals surface area contributed by atoms with Gasteiger partial charge in [-0.3, -0.25) is 9.69 Å². The minimum atomic E-state index is -1.88. The number of benzene rings is 3. The standard InChI is InChI=1S/C35H33Cl2F2N3O4/c1-18(2)31-41(25-13-10-19(33(44)45)14-26(25)46-6)32(43)30-28(21-8-7-9-23(37)29(21)39)35(17-40,22-12-11-20(36)15-24(22)38)27(42(30)31)16-34(3,4)5/h7-15,18,27,31H,16H2,1-6H3,(H,44,45)/t27-,31+,35-/m0/s1. The van der Waals surface area contributed by atoms with Crippen LogP contribution in [0, 0.1) is 34.3 Å². The molecule has 240 valence electrons. The van der Waals surface area contributed by atoms with Gasteiger partial charge < -0.3 is 14.7 Å². The number of nitriles is 1. The fourth-order valence-electron chi connectivity index (χ4n) is 6.80. The second-order valence-corrected chi connectivity index (χ2v) is 13.9. The molecule has 11 heteroatoms. The maximum atomic E-state index is 16.2. The van der Waals surface area contributed by atoms with Crippen LogP contribution in [0.15, 0.2) is 60.3 Å². The molecule has 2 heterocycles. The summed E-state index contributed by atoms with van der Waals surface area (Å²) < 4.78 is 37.9. The van der Waals surface area contributed by atoms with E-state index in [4.69, 9.17) is 27.9 Å². The van der Waals surface area contributed by atoms with Gasteiger partial charge in [-0.1, -0.05) is 76.0 Å². The van der Waals surface area contributed by atoms with Gasteiger partial charge in [-0.05, 0) is 54.2 Å². The minimum Gasteiger partial charge on any atom is -0.495 e. The second kappa shape index (κ2) is 11.9. The van der Waals surface area contributed by atoms with Crippen LogP contribution in [-0.4, -0.2) is 41.2 Å². The summed E-state index contributed by atoms with van der Waals surface area (Å²) in [7, 11) is 1.37. The van der Waals surface area contributed by atoms with Crippen LogP contribution in [0.5, 0.6) is 5.75 Å². The lowest BCUT2D eigenvalue weighted by Crippen LogP contribution is -2.53. The number of carbonyl (C=O) groups excluding carboxylic acids is 1. The van der Waals surface area contributed by atoms with Gasteiger partial charge in [-0.25, -0.2) is 13.6 Å². The molecule has 5 rings (SSSR count). The first-order chi connectivity index (χ1) is 21.6. The van der Waals surface area contributed by atoms with E-state index < -0.39 is 46.5 Å². The van der Waals surface area contributed by atoms with Crippen molar-refractivity contribution in [3.8, 4) is 11.8 Å². The Balaban J connectivity index is 1.94. The maximum absolute atomic E-state index is 16.2. The third-order valence-corrected chi connectivity index (χ3v) is 9.06. The molecule has 3 aromatic carbocycles. The van der Waals surface area contributed by atoms with Gasteiger partial charge in [0.25, 0.3) is 5.91 Å². The molecule has 0 spiro atoms. The van der Waals surface area contributed by atoms with Gasteiger partial charge in [0.2, 0.25) is 0 Å². The number of nitrogens with zero attached hydrogens (tertiary/aromatic N) is 3. The molecule has 1 N–H and O–H groups in total. The van der Waals surface area contributed by atoms with Gasteiger partial charge in [0, 0.05) is 21.7 Å². The summed E-state index contributed by atoms with van der Waals surface area (Å²) in [5, 5.41) is 20.8. The summed E-state index contributed by atoms with van der Waals surface area (Å²) in [5.41, 5.74) is -2.22. The van der Waals surface area contributed by atoms with Crippen LogP contribution < -0.4 is 9.64 Å². The lowest BCUT2D eigenvalue weighted by molar-refractivity contribution is -0.114. The number of hydrogen-bond acceptors (Lipinski definition) is 5. The van der Waals surface area contributed by atoms with Crippen molar-refractivity contribution >= 4 is 46.3 Å². The molecule has 2 aliphatic rings. The van der Waals surface area contributed by atoms with E-state index in [0.717, 1.165) is 6.07 Å². The van der Waals surface area contributed by atoms with E-state index in [1.165, 1.54) is 60.5 Å². The Bertz CT molecular complexity index is 1830. The number of hydrogen-bond donors (Lipinski definition) is 1. The number of carboxylic acid groups (broad SMARTS) is 1. The molecule has 0 unspecified atom stereocenters. The van der Waals surface area contributed by atoms with E-state index in [2.05, 4.69) is 6.07 Å². The molecule has 2 aliphatic heterocycles. The number of methoxy groups -OCH3 is 1. The van der Waals surface area contributed by atoms with Crippen LogP contribution in [0.2, 0.25) is 10.0 Å². The monoisotopic (exact) mass is 667 g/mol. The zero-order valence-corrected chi connectivity index (χ0v) is 27.7. The number of carbonyl (C=O) groups is 2.